The van der Waals surface area contributed by atoms with Gasteiger partial charge in [-0.25, -0.2) is 0 Å². The molecule has 160 valence electrons. The van der Waals surface area contributed by atoms with Gasteiger partial charge < -0.3 is 14.3 Å². The van der Waals surface area contributed by atoms with Crippen molar-refractivity contribution in [3.8, 4) is 17.2 Å². The Morgan fingerprint density at radius 1 is 0.781 bits per heavy atom. The zero-order valence-corrected chi connectivity index (χ0v) is 17.6. The van der Waals surface area contributed by atoms with Crippen molar-refractivity contribution in [3.05, 3.63) is 96.3 Å². The zero-order chi connectivity index (χ0) is 21.9. The van der Waals surface area contributed by atoms with Gasteiger partial charge in [0.2, 0.25) is 0 Å². The number of hydrogen-bond donors (Lipinski definition) is 0. The van der Waals surface area contributed by atoms with E-state index in [-0.39, 0.29) is 0 Å². The molecule has 5 rings (SSSR count). The molecule has 1 aliphatic heterocycles. The maximum Gasteiger partial charge on any atom is 0.251 e. The second-order valence-electron chi connectivity index (χ2n) is 7.06. The third-order valence-electron chi connectivity index (χ3n) is 5.15. The number of rotatable bonds is 6. The molecular formula is C24H21N5O3. The fraction of sp³-hybridized carbons (Fsp3) is 0.125. The minimum Gasteiger partial charge on any atom is -0.497 e. The highest BCUT2D eigenvalue weighted by Crippen LogP contribution is 2.35. The van der Waals surface area contributed by atoms with Crippen LogP contribution in [0, 0.1) is 0 Å². The van der Waals surface area contributed by atoms with E-state index < -0.39 is 6.23 Å². The van der Waals surface area contributed by atoms with Crippen molar-refractivity contribution in [1.82, 2.24) is 15.0 Å². The van der Waals surface area contributed by atoms with E-state index in [0.717, 1.165) is 28.4 Å². The van der Waals surface area contributed by atoms with E-state index in [9.17, 15) is 0 Å². The standard InChI is InChI=1S/C24H21N5O3/c1-30-20-12-8-17(9-13-20)23-27-32-24(28(23)18-10-14-21(31-2)15-11-18)22-16-25-29(26-22)19-6-4-3-5-7-19/h3-16,24H,1-2H3. The molecule has 4 aromatic rings. The van der Waals surface area contributed by atoms with Crippen LogP contribution >= 0.6 is 0 Å². The van der Waals surface area contributed by atoms with Crippen LogP contribution in [0.3, 0.4) is 0 Å². The van der Waals surface area contributed by atoms with Crippen molar-refractivity contribution in [3.63, 3.8) is 0 Å². The number of methoxy groups -OCH3 is 2. The summed E-state index contributed by atoms with van der Waals surface area (Å²) in [5, 5.41) is 13.5. The summed E-state index contributed by atoms with van der Waals surface area (Å²) in [6.45, 7) is 0. The number of anilines is 1. The van der Waals surface area contributed by atoms with E-state index in [1.807, 2.05) is 83.8 Å². The van der Waals surface area contributed by atoms with Crippen LogP contribution in [0.4, 0.5) is 5.69 Å². The number of ether oxygens (including phenoxy) is 2. The van der Waals surface area contributed by atoms with Gasteiger partial charge in [-0.05, 0) is 60.7 Å². The highest BCUT2D eigenvalue weighted by molar-refractivity contribution is 6.10. The maximum atomic E-state index is 5.87. The lowest BCUT2D eigenvalue weighted by Crippen LogP contribution is -2.31. The topological polar surface area (TPSA) is 74.0 Å². The zero-order valence-electron chi connectivity index (χ0n) is 17.6. The molecule has 0 aliphatic carbocycles. The van der Waals surface area contributed by atoms with E-state index in [1.54, 1.807) is 25.2 Å². The minimum absolute atomic E-state index is 0.571. The molecule has 1 unspecified atom stereocenters. The molecule has 1 atom stereocenters. The number of hydrogen-bond acceptors (Lipinski definition) is 7. The van der Waals surface area contributed by atoms with Crippen LogP contribution in [-0.2, 0) is 4.84 Å². The lowest BCUT2D eigenvalue weighted by molar-refractivity contribution is 0.0833. The predicted molar refractivity (Wildman–Crippen MR) is 120 cm³/mol. The first kappa shape index (κ1) is 19.6. The Bertz CT molecular complexity index is 1220. The molecule has 2 heterocycles. The van der Waals surface area contributed by atoms with Gasteiger partial charge in [0.25, 0.3) is 6.23 Å². The molecule has 0 bridgehead atoms. The van der Waals surface area contributed by atoms with Gasteiger partial charge in [-0.15, -0.1) is 5.10 Å². The number of para-hydroxylation sites is 1. The Kier molecular flexibility index (Phi) is 5.17. The van der Waals surface area contributed by atoms with Gasteiger partial charge in [0.15, 0.2) is 5.84 Å². The quantitative estimate of drug-likeness (QED) is 0.460. The summed E-state index contributed by atoms with van der Waals surface area (Å²) in [5.74, 6) is 2.20. The SMILES string of the molecule is COc1ccc(C2=NOC(c3cnn(-c4ccccc4)n3)N2c2ccc(OC)cc2)cc1. The summed E-state index contributed by atoms with van der Waals surface area (Å²) in [7, 11) is 3.28. The number of aromatic nitrogens is 3. The summed E-state index contributed by atoms with van der Waals surface area (Å²) in [4.78, 5) is 9.44. The molecule has 8 heteroatoms. The van der Waals surface area contributed by atoms with E-state index >= 15 is 0 Å². The van der Waals surface area contributed by atoms with E-state index in [4.69, 9.17) is 14.3 Å². The molecular weight excluding hydrogens is 406 g/mol. The number of oxime groups is 1. The molecule has 8 nitrogen and oxygen atoms in total. The lowest BCUT2D eigenvalue weighted by Gasteiger charge is -2.24. The third kappa shape index (κ3) is 3.62. The Hall–Kier alpha value is -4.33. The van der Waals surface area contributed by atoms with Gasteiger partial charge in [0, 0.05) is 11.3 Å². The lowest BCUT2D eigenvalue weighted by atomic mass is 10.1. The molecule has 3 aromatic carbocycles. The van der Waals surface area contributed by atoms with E-state index in [1.165, 1.54) is 0 Å². The predicted octanol–water partition coefficient (Wildman–Crippen LogP) is 4.18. The minimum atomic E-state index is -0.571. The molecule has 0 radical (unpaired) electrons. The van der Waals surface area contributed by atoms with Crippen LogP contribution in [0.15, 0.2) is 90.2 Å². The molecule has 0 saturated carbocycles. The second kappa shape index (κ2) is 8.43. The normalized spacial score (nSPS) is 15.2. The summed E-state index contributed by atoms with van der Waals surface area (Å²) in [6, 6.07) is 25.1. The summed E-state index contributed by atoms with van der Waals surface area (Å²) in [5.41, 5.74) is 3.28. The van der Waals surface area contributed by atoms with Gasteiger partial charge in [-0.1, -0.05) is 23.4 Å². The first-order chi connectivity index (χ1) is 15.8. The Morgan fingerprint density at radius 2 is 1.44 bits per heavy atom. The van der Waals surface area contributed by atoms with Crippen LogP contribution in [0.1, 0.15) is 17.5 Å². The molecule has 0 saturated heterocycles. The Balaban J connectivity index is 1.52. The smallest absolute Gasteiger partial charge is 0.251 e. The van der Waals surface area contributed by atoms with E-state index in [2.05, 4.69) is 15.4 Å². The summed E-state index contributed by atoms with van der Waals surface area (Å²) in [6.07, 6.45) is 1.12. The van der Waals surface area contributed by atoms with Crippen LogP contribution < -0.4 is 14.4 Å². The molecule has 1 aliphatic rings. The van der Waals surface area contributed by atoms with E-state index in [0.29, 0.717) is 11.5 Å². The molecule has 0 amide bonds. The van der Waals surface area contributed by atoms with Gasteiger partial charge in [-0.3, -0.25) is 4.90 Å². The van der Waals surface area contributed by atoms with Crippen molar-refractivity contribution < 1.29 is 14.3 Å². The maximum absolute atomic E-state index is 5.87. The highest BCUT2D eigenvalue weighted by atomic mass is 16.7. The fourth-order valence-electron chi connectivity index (χ4n) is 3.49. The van der Waals surface area contributed by atoms with Crippen molar-refractivity contribution in [2.75, 3.05) is 19.1 Å². The monoisotopic (exact) mass is 427 g/mol. The van der Waals surface area contributed by atoms with Crippen LogP contribution in [-0.4, -0.2) is 35.0 Å². The first-order valence-corrected chi connectivity index (χ1v) is 10.1. The van der Waals surface area contributed by atoms with Crippen molar-refractivity contribution >= 4 is 11.5 Å². The fourth-order valence-corrected chi connectivity index (χ4v) is 3.49. The van der Waals surface area contributed by atoms with Gasteiger partial charge >= 0.3 is 0 Å². The first-order valence-electron chi connectivity index (χ1n) is 10.1. The molecule has 32 heavy (non-hydrogen) atoms. The molecule has 0 spiro atoms. The van der Waals surface area contributed by atoms with Gasteiger partial charge in [0.05, 0.1) is 26.1 Å². The van der Waals surface area contributed by atoms with Crippen molar-refractivity contribution in [2.45, 2.75) is 6.23 Å². The van der Waals surface area contributed by atoms with Crippen molar-refractivity contribution in [1.29, 1.82) is 0 Å². The Morgan fingerprint density at radius 3 is 2.09 bits per heavy atom. The average molecular weight is 427 g/mol. The van der Waals surface area contributed by atoms with Crippen LogP contribution in [0.2, 0.25) is 0 Å². The summed E-state index contributed by atoms with van der Waals surface area (Å²) < 4.78 is 10.6. The average Bonchev–Trinajstić information content (AvgIpc) is 3.52. The highest BCUT2D eigenvalue weighted by Gasteiger charge is 2.36. The van der Waals surface area contributed by atoms with Crippen LogP contribution in [0.5, 0.6) is 11.5 Å². The number of nitrogens with zero attached hydrogens (tertiary/aromatic N) is 5. The molecule has 1 aromatic heterocycles. The number of benzene rings is 3. The number of amidine groups is 1. The van der Waals surface area contributed by atoms with Crippen molar-refractivity contribution in [2.24, 2.45) is 5.16 Å². The second-order valence-corrected chi connectivity index (χ2v) is 7.06. The van der Waals surface area contributed by atoms with Gasteiger partial charge in [0.1, 0.15) is 17.2 Å². The largest absolute Gasteiger partial charge is 0.497 e. The molecule has 0 N–H and O–H groups in total. The summed E-state index contributed by atoms with van der Waals surface area (Å²) >= 11 is 0. The Labute approximate surface area is 185 Å². The van der Waals surface area contributed by atoms with Crippen LogP contribution in [0.25, 0.3) is 5.69 Å². The van der Waals surface area contributed by atoms with Gasteiger partial charge in [-0.2, -0.15) is 9.90 Å². The molecule has 0 fully saturated rings. The third-order valence-corrected chi connectivity index (χ3v) is 5.15.